The van der Waals surface area contributed by atoms with Crippen molar-refractivity contribution in [1.82, 2.24) is 4.90 Å². The second kappa shape index (κ2) is 7.68. The Morgan fingerprint density at radius 3 is 2.40 bits per heavy atom. The van der Waals surface area contributed by atoms with E-state index < -0.39 is 13.4 Å². The van der Waals surface area contributed by atoms with E-state index in [0.29, 0.717) is 25.7 Å². The first kappa shape index (κ1) is 16.4. The van der Waals surface area contributed by atoms with E-state index in [1.54, 1.807) is 0 Å². The summed E-state index contributed by atoms with van der Waals surface area (Å²) in [5, 5.41) is 0. The fourth-order valence-corrected chi connectivity index (χ4v) is 1.20. The van der Waals surface area contributed by atoms with E-state index in [4.69, 9.17) is 4.74 Å². The molecule has 0 aromatic heterocycles. The summed E-state index contributed by atoms with van der Waals surface area (Å²) < 4.78 is 41.0. The molecule has 1 rings (SSSR count). The van der Waals surface area contributed by atoms with E-state index in [9.17, 15) is 12.9 Å². The molecule has 0 radical (unpaired) electrons. The van der Waals surface area contributed by atoms with Gasteiger partial charge in [0.05, 0.1) is 6.61 Å². The topological polar surface area (TPSA) is 12.5 Å². The van der Waals surface area contributed by atoms with Gasteiger partial charge in [0.15, 0.2) is 0 Å². The summed E-state index contributed by atoms with van der Waals surface area (Å²) in [5.74, 6) is 0.673. The molecule has 0 aromatic rings. The van der Waals surface area contributed by atoms with Crippen LogP contribution in [-0.4, -0.2) is 45.1 Å². The van der Waals surface area contributed by atoms with Crippen LogP contribution in [0.2, 0.25) is 0 Å². The third-order valence-corrected chi connectivity index (χ3v) is 2.19. The Hall–Kier alpha value is 1.41. The first-order valence-corrected chi connectivity index (χ1v) is 4.94. The number of hydrogen-bond donors (Lipinski definition) is 0. The zero-order valence-corrected chi connectivity index (χ0v) is 12.5. The van der Waals surface area contributed by atoms with Gasteiger partial charge in [-0.2, -0.15) is 0 Å². The summed E-state index contributed by atoms with van der Waals surface area (Å²) in [4.78, 5) is 1.26. The summed E-state index contributed by atoms with van der Waals surface area (Å²) in [5.41, 5.74) is 0. The molecule has 1 aliphatic carbocycles. The molecule has 7 heteroatoms. The van der Waals surface area contributed by atoms with Gasteiger partial charge in [-0.05, 0) is 32.3 Å². The van der Waals surface area contributed by atoms with E-state index in [1.165, 1.54) is 24.8 Å². The average Bonchev–Trinajstić information content (AvgIpc) is 2.77. The van der Waals surface area contributed by atoms with Crippen LogP contribution in [0.1, 0.15) is 12.8 Å². The Bertz CT molecular complexity index is 178. The quantitative estimate of drug-likeness (QED) is 0.412. The maximum atomic E-state index is 11.9. The van der Waals surface area contributed by atoms with Crippen molar-refractivity contribution in [3.05, 3.63) is 0 Å². The van der Waals surface area contributed by atoms with Crippen LogP contribution in [-0.2, 0) is 4.74 Å². The molecule has 0 spiro atoms. The minimum Gasteiger partial charge on any atom is -0.448 e. The zero-order chi connectivity index (χ0) is 10.6. The summed E-state index contributed by atoms with van der Waals surface area (Å²) in [7, 11) is 1.47. The van der Waals surface area contributed by atoms with Gasteiger partial charge in [0.25, 0.3) is 0 Å². The minimum atomic E-state index is -4.70. The summed E-state index contributed by atoms with van der Waals surface area (Å²) in [6.45, 7) is -3.23. The SMILES string of the molecule is CN(CCOCC1CC1)C[B-](F)(F)F.[K+]. The number of hydrogen-bond acceptors (Lipinski definition) is 2. The Labute approximate surface area is 131 Å². The largest absolute Gasteiger partial charge is 1.00 e. The average molecular weight is 249 g/mol. The van der Waals surface area contributed by atoms with Gasteiger partial charge >= 0.3 is 58.4 Å². The molecule has 0 saturated heterocycles. The summed E-state index contributed by atoms with van der Waals surface area (Å²) in [6.07, 6.45) is 1.62. The van der Waals surface area contributed by atoms with Gasteiger partial charge in [0, 0.05) is 13.2 Å². The molecule has 15 heavy (non-hydrogen) atoms. The smallest absolute Gasteiger partial charge is 0.448 e. The van der Waals surface area contributed by atoms with Crippen molar-refractivity contribution in [3.63, 3.8) is 0 Å². The van der Waals surface area contributed by atoms with Gasteiger partial charge in [0.2, 0.25) is 0 Å². The summed E-state index contributed by atoms with van der Waals surface area (Å²) in [6, 6.07) is 0. The number of rotatable bonds is 7. The van der Waals surface area contributed by atoms with Gasteiger partial charge in [-0.1, -0.05) is 0 Å². The maximum absolute atomic E-state index is 11.9. The van der Waals surface area contributed by atoms with Crippen LogP contribution in [0.15, 0.2) is 0 Å². The van der Waals surface area contributed by atoms with E-state index in [1.807, 2.05) is 0 Å². The number of likely N-dealkylation sites (N-methyl/N-ethyl adjacent to an activating group) is 1. The van der Waals surface area contributed by atoms with Crippen LogP contribution in [0, 0.1) is 5.92 Å². The maximum Gasteiger partial charge on any atom is 1.00 e. The zero-order valence-electron chi connectivity index (χ0n) is 9.39. The molecule has 0 heterocycles. The Kier molecular flexibility index (Phi) is 8.41. The molecule has 0 N–H and O–H groups in total. The van der Waals surface area contributed by atoms with E-state index in [0.717, 1.165) is 0 Å². The Balaban J connectivity index is 0.00000196. The van der Waals surface area contributed by atoms with E-state index >= 15 is 0 Å². The second-order valence-corrected chi connectivity index (χ2v) is 3.99. The van der Waals surface area contributed by atoms with Crippen LogP contribution < -0.4 is 51.4 Å². The molecule has 0 aromatic carbocycles. The van der Waals surface area contributed by atoms with Gasteiger partial charge in [-0.3, -0.25) is 0 Å². The van der Waals surface area contributed by atoms with E-state index in [-0.39, 0.29) is 51.4 Å². The fraction of sp³-hybridized carbons (Fsp3) is 1.00. The summed E-state index contributed by atoms with van der Waals surface area (Å²) >= 11 is 0. The molecular formula is C8H16BF3KNO. The van der Waals surface area contributed by atoms with Crippen molar-refractivity contribution in [2.75, 3.05) is 33.3 Å². The number of nitrogens with zero attached hydrogens (tertiary/aromatic N) is 1. The van der Waals surface area contributed by atoms with Crippen molar-refractivity contribution >= 4 is 6.98 Å². The minimum absolute atomic E-state index is 0. The first-order valence-electron chi connectivity index (χ1n) is 4.94. The van der Waals surface area contributed by atoms with Crippen molar-refractivity contribution < 1.29 is 69.1 Å². The van der Waals surface area contributed by atoms with Crippen molar-refractivity contribution in [2.45, 2.75) is 12.8 Å². The number of ether oxygens (including phenoxy) is 1. The third-order valence-electron chi connectivity index (χ3n) is 2.19. The molecule has 1 saturated carbocycles. The Morgan fingerprint density at radius 2 is 1.93 bits per heavy atom. The molecule has 1 fully saturated rings. The normalized spacial score (nSPS) is 16.6. The molecule has 0 amide bonds. The van der Waals surface area contributed by atoms with Crippen LogP contribution >= 0.6 is 0 Å². The predicted molar refractivity (Wildman–Crippen MR) is 50.1 cm³/mol. The molecule has 2 nitrogen and oxygen atoms in total. The monoisotopic (exact) mass is 249 g/mol. The van der Waals surface area contributed by atoms with Crippen molar-refractivity contribution in [1.29, 1.82) is 0 Å². The van der Waals surface area contributed by atoms with Crippen LogP contribution in [0.4, 0.5) is 12.9 Å². The fourth-order valence-electron chi connectivity index (χ4n) is 1.20. The predicted octanol–water partition coefficient (Wildman–Crippen LogP) is -1.26. The molecule has 84 valence electrons. The molecular weight excluding hydrogens is 233 g/mol. The van der Waals surface area contributed by atoms with Crippen LogP contribution in [0.3, 0.4) is 0 Å². The molecule has 0 bridgehead atoms. The van der Waals surface area contributed by atoms with Crippen LogP contribution in [0.25, 0.3) is 0 Å². The van der Waals surface area contributed by atoms with Crippen molar-refractivity contribution in [3.8, 4) is 0 Å². The van der Waals surface area contributed by atoms with Gasteiger partial charge < -0.3 is 22.6 Å². The number of halogens is 3. The van der Waals surface area contributed by atoms with Gasteiger partial charge in [0.1, 0.15) is 0 Å². The van der Waals surface area contributed by atoms with E-state index in [2.05, 4.69) is 0 Å². The van der Waals surface area contributed by atoms with Gasteiger partial charge in [-0.15, -0.1) is 0 Å². The molecule has 0 atom stereocenters. The first-order chi connectivity index (χ1) is 6.47. The Morgan fingerprint density at radius 1 is 1.33 bits per heavy atom. The second-order valence-electron chi connectivity index (χ2n) is 3.99. The molecule has 0 aliphatic heterocycles. The van der Waals surface area contributed by atoms with Crippen LogP contribution in [0.5, 0.6) is 0 Å². The van der Waals surface area contributed by atoms with Gasteiger partial charge in [-0.25, -0.2) is 0 Å². The molecule has 1 aliphatic rings. The standard InChI is InChI=1S/C8H16BF3NO.K/c1-13(7-9(10,11)12)4-5-14-6-8-2-3-8;/h8H,2-7H2,1H3;/q-1;+1. The molecule has 0 unspecified atom stereocenters. The van der Waals surface area contributed by atoms with Crippen molar-refractivity contribution in [2.24, 2.45) is 5.92 Å². The third kappa shape index (κ3) is 10.3.